The lowest BCUT2D eigenvalue weighted by atomic mass is 10.1. The largest absolute Gasteiger partial charge is 0.416 e. The first kappa shape index (κ1) is 23.2. The Hall–Kier alpha value is -3.51. The molecule has 0 radical (unpaired) electrons. The number of aryl methyl sites for hydroxylation is 1. The molecule has 35 heavy (non-hydrogen) atoms. The van der Waals surface area contributed by atoms with Crippen LogP contribution in [-0.2, 0) is 25.2 Å². The summed E-state index contributed by atoms with van der Waals surface area (Å²) in [5.41, 5.74) is -0.387. The van der Waals surface area contributed by atoms with E-state index in [9.17, 15) is 22.8 Å². The van der Waals surface area contributed by atoms with Gasteiger partial charge in [-0.3, -0.25) is 19.4 Å². The van der Waals surface area contributed by atoms with Gasteiger partial charge in [-0.15, -0.1) is 0 Å². The number of pyridine rings is 2. The second kappa shape index (κ2) is 7.75. The Labute approximate surface area is 197 Å². The molecule has 0 bridgehead atoms. The Morgan fingerprint density at radius 1 is 1.17 bits per heavy atom. The Morgan fingerprint density at radius 3 is 2.63 bits per heavy atom. The molecule has 3 aromatic heterocycles. The van der Waals surface area contributed by atoms with Crippen LogP contribution in [0.25, 0.3) is 11.0 Å². The lowest BCUT2D eigenvalue weighted by Crippen LogP contribution is -2.51. The van der Waals surface area contributed by atoms with Crippen LogP contribution in [0.5, 0.6) is 0 Å². The number of aromatic amines is 1. The molecule has 3 unspecified atom stereocenters. The molecule has 5 heterocycles. The Balaban J connectivity index is 1.58. The SMILES string of the molecule is Cc1cc(C(F)(F)F)cc(N2C(=O)C3OC(C)(C)OC3C2C(=O)N(C)c2ccc3cc[nH]c3n2)n1. The topological polar surface area (TPSA) is 101 Å². The normalized spacial score (nSPS) is 23.7. The van der Waals surface area contributed by atoms with Crippen molar-refractivity contribution in [1.82, 2.24) is 15.0 Å². The van der Waals surface area contributed by atoms with Crippen molar-refractivity contribution in [3.63, 3.8) is 0 Å². The highest BCUT2D eigenvalue weighted by Crippen LogP contribution is 2.41. The third-order valence-corrected chi connectivity index (χ3v) is 6.04. The standard InChI is InChI=1S/C23H22F3N5O4/c1-11-9-13(23(24,25)26)10-15(28-11)31-16(17-18(21(31)33)35-22(2,3)34-17)20(32)30(4)14-6-5-12-7-8-27-19(12)29-14/h5-10,16-18H,1-4H3,(H,27,29). The van der Waals surface area contributed by atoms with Crippen LogP contribution in [-0.4, -0.2) is 57.9 Å². The van der Waals surface area contributed by atoms with Crippen molar-refractivity contribution in [2.45, 2.75) is 51.0 Å². The van der Waals surface area contributed by atoms with Crippen molar-refractivity contribution in [3.05, 3.63) is 47.8 Å². The summed E-state index contributed by atoms with van der Waals surface area (Å²) in [7, 11) is 1.47. The number of carbonyl (C=O) groups excluding carboxylic acids is 2. The van der Waals surface area contributed by atoms with E-state index in [0.717, 1.165) is 22.4 Å². The van der Waals surface area contributed by atoms with E-state index in [4.69, 9.17) is 9.47 Å². The van der Waals surface area contributed by atoms with Crippen LogP contribution >= 0.6 is 0 Å². The van der Waals surface area contributed by atoms with E-state index < -0.39 is 47.6 Å². The quantitative estimate of drug-likeness (QED) is 0.607. The Kier molecular flexibility index (Phi) is 5.15. The number of halogens is 3. The number of H-pyrrole nitrogens is 1. The first-order valence-electron chi connectivity index (χ1n) is 10.8. The first-order chi connectivity index (χ1) is 16.4. The number of alkyl halides is 3. The van der Waals surface area contributed by atoms with Gasteiger partial charge in [0.15, 0.2) is 11.9 Å². The molecule has 2 fully saturated rings. The molecule has 0 aromatic carbocycles. The number of rotatable bonds is 3. The van der Waals surface area contributed by atoms with Crippen LogP contribution in [0.2, 0.25) is 0 Å². The number of aromatic nitrogens is 3. The molecular formula is C23H22F3N5O4. The number of carbonyl (C=O) groups is 2. The van der Waals surface area contributed by atoms with Gasteiger partial charge in [0.05, 0.1) is 5.56 Å². The van der Waals surface area contributed by atoms with Gasteiger partial charge in [0, 0.05) is 24.3 Å². The summed E-state index contributed by atoms with van der Waals surface area (Å²) in [4.78, 5) is 40.9. The van der Waals surface area contributed by atoms with Crippen LogP contribution in [0.15, 0.2) is 36.5 Å². The van der Waals surface area contributed by atoms with Crippen molar-refractivity contribution in [2.75, 3.05) is 16.8 Å². The number of hydrogen-bond donors (Lipinski definition) is 1. The zero-order valence-corrected chi connectivity index (χ0v) is 19.3. The predicted molar refractivity (Wildman–Crippen MR) is 119 cm³/mol. The summed E-state index contributed by atoms with van der Waals surface area (Å²) in [6.45, 7) is 4.58. The highest BCUT2D eigenvalue weighted by molar-refractivity contribution is 6.10. The van der Waals surface area contributed by atoms with Gasteiger partial charge in [-0.05, 0) is 51.1 Å². The van der Waals surface area contributed by atoms with Crippen LogP contribution in [0.3, 0.4) is 0 Å². The van der Waals surface area contributed by atoms with Gasteiger partial charge in [0.2, 0.25) is 0 Å². The minimum Gasteiger partial charge on any atom is -0.346 e. The lowest BCUT2D eigenvalue weighted by molar-refractivity contribution is -0.161. The second-order valence-corrected chi connectivity index (χ2v) is 9.01. The minimum absolute atomic E-state index is 0.0419. The number of nitrogens with zero attached hydrogens (tertiary/aromatic N) is 4. The van der Waals surface area contributed by atoms with E-state index >= 15 is 0 Å². The van der Waals surface area contributed by atoms with E-state index in [0.29, 0.717) is 5.65 Å². The summed E-state index contributed by atoms with van der Waals surface area (Å²) in [5, 5.41) is 0.838. The van der Waals surface area contributed by atoms with Gasteiger partial charge in [0.25, 0.3) is 11.8 Å². The number of fused-ring (bicyclic) bond motifs is 2. The van der Waals surface area contributed by atoms with Gasteiger partial charge in [-0.1, -0.05) is 0 Å². The zero-order valence-electron chi connectivity index (χ0n) is 19.3. The van der Waals surface area contributed by atoms with Crippen molar-refractivity contribution >= 4 is 34.5 Å². The maximum atomic E-state index is 13.8. The Bertz CT molecular complexity index is 1340. The summed E-state index contributed by atoms with van der Waals surface area (Å²) >= 11 is 0. The van der Waals surface area contributed by atoms with Crippen molar-refractivity contribution in [2.24, 2.45) is 0 Å². The van der Waals surface area contributed by atoms with Crippen LogP contribution < -0.4 is 9.80 Å². The number of amides is 2. The second-order valence-electron chi connectivity index (χ2n) is 9.01. The number of likely N-dealkylation sites (N-methyl/N-ethyl adjacent to an activating group) is 1. The van der Waals surface area contributed by atoms with Crippen LogP contribution in [0, 0.1) is 6.92 Å². The molecule has 3 atom stereocenters. The fourth-order valence-electron chi connectivity index (χ4n) is 4.49. The highest BCUT2D eigenvalue weighted by Gasteiger charge is 2.61. The summed E-state index contributed by atoms with van der Waals surface area (Å²) < 4.78 is 52.1. The van der Waals surface area contributed by atoms with E-state index in [1.165, 1.54) is 18.9 Å². The molecular weight excluding hydrogens is 467 g/mol. The number of hydrogen-bond acceptors (Lipinski definition) is 6. The van der Waals surface area contributed by atoms with E-state index in [1.54, 1.807) is 32.2 Å². The van der Waals surface area contributed by atoms with Crippen molar-refractivity contribution < 1.29 is 32.2 Å². The number of ether oxygens (including phenoxy) is 2. The molecule has 0 aliphatic carbocycles. The molecule has 9 nitrogen and oxygen atoms in total. The predicted octanol–water partition coefficient (Wildman–Crippen LogP) is 3.18. The van der Waals surface area contributed by atoms with Gasteiger partial charge >= 0.3 is 6.18 Å². The average molecular weight is 489 g/mol. The minimum atomic E-state index is -4.66. The first-order valence-corrected chi connectivity index (χ1v) is 10.8. The maximum Gasteiger partial charge on any atom is 0.416 e. The summed E-state index contributed by atoms with van der Waals surface area (Å²) in [6, 6.07) is 5.53. The summed E-state index contributed by atoms with van der Waals surface area (Å²) in [5.74, 6) is -2.49. The summed E-state index contributed by atoms with van der Waals surface area (Å²) in [6.07, 6.45) is -5.19. The molecule has 184 valence electrons. The van der Waals surface area contributed by atoms with Gasteiger partial charge < -0.3 is 14.5 Å². The molecule has 12 heteroatoms. The van der Waals surface area contributed by atoms with Gasteiger partial charge in [-0.2, -0.15) is 13.2 Å². The van der Waals surface area contributed by atoms with Crippen molar-refractivity contribution in [3.8, 4) is 0 Å². The molecule has 2 aliphatic heterocycles. The number of nitrogens with one attached hydrogen (secondary N) is 1. The van der Waals surface area contributed by atoms with Gasteiger partial charge in [0.1, 0.15) is 29.4 Å². The van der Waals surface area contributed by atoms with Crippen LogP contribution in [0.1, 0.15) is 25.1 Å². The fraction of sp³-hybridized carbons (Fsp3) is 0.391. The number of anilines is 2. The monoisotopic (exact) mass is 489 g/mol. The van der Waals surface area contributed by atoms with E-state index in [1.807, 2.05) is 6.07 Å². The molecule has 2 aliphatic rings. The zero-order chi connectivity index (χ0) is 25.3. The maximum absolute atomic E-state index is 13.8. The Morgan fingerprint density at radius 2 is 1.91 bits per heavy atom. The molecule has 0 spiro atoms. The molecule has 2 saturated heterocycles. The average Bonchev–Trinajstić information content (AvgIpc) is 3.43. The molecule has 3 aromatic rings. The molecule has 0 saturated carbocycles. The fourth-order valence-corrected chi connectivity index (χ4v) is 4.49. The smallest absolute Gasteiger partial charge is 0.346 e. The third-order valence-electron chi connectivity index (χ3n) is 6.04. The van der Waals surface area contributed by atoms with Gasteiger partial charge in [-0.25, -0.2) is 9.97 Å². The molecule has 5 rings (SSSR count). The lowest BCUT2D eigenvalue weighted by Gasteiger charge is -2.31. The third kappa shape index (κ3) is 3.92. The van der Waals surface area contributed by atoms with Crippen LogP contribution in [0.4, 0.5) is 24.8 Å². The molecule has 2 amide bonds. The highest BCUT2D eigenvalue weighted by atomic mass is 19.4. The molecule has 1 N–H and O–H groups in total. The van der Waals surface area contributed by atoms with Crippen molar-refractivity contribution in [1.29, 1.82) is 0 Å². The van der Waals surface area contributed by atoms with E-state index in [2.05, 4.69) is 15.0 Å². The van der Waals surface area contributed by atoms with E-state index in [-0.39, 0.29) is 17.3 Å².